The molecule has 0 bridgehead atoms. The summed E-state index contributed by atoms with van der Waals surface area (Å²) in [6.45, 7) is 7.39. The highest BCUT2D eigenvalue weighted by Gasteiger charge is 2.37. The molecule has 1 aromatic rings. The minimum atomic E-state index is -0.284. The molecule has 4 nitrogen and oxygen atoms in total. The summed E-state index contributed by atoms with van der Waals surface area (Å²) in [4.78, 5) is 25.7. The first-order chi connectivity index (χ1) is 8.95. The minimum Gasteiger partial charge on any atom is -0.348 e. The van der Waals surface area contributed by atoms with Gasteiger partial charge in [-0.05, 0) is 43.8 Å². The predicted octanol–water partition coefficient (Wildman–Crippen LogP) is 2.94. The van der Waals surface area contributed by atoms with Crippen molar-refractivity contribution in [3.05, 3.63) is 41.1 Å². The van der Waals surface area contributed by atoms with E-state index in [4.69, 9.17) is 0 Å². The van der Waals surface area contributed by atoms with Gasteiger partial charge in [0, 0.05) is 18.4 Å². The summed E-state index contributed by atoms with van der Waals surface area (Å²) >= 11 is 0.976. The summed E-state index contributed by atoms with van der Waals surface area (Å²) in [5.74, 6) is -0.249. The molecule has 1 saturated heterocycles. The minimum absolute atomic E-state index is 0.241. The van der Waals surface area contributed by atoms with E-state index in [1.165, 1.54) is 4.90 Å². The van der Waals surface area contributed by atoms with Crippen LogP contribution in [-0.4, -0.2) is 26.7 Å². The van der Waals surface area contributed by atoms with Gasteiger partial charge in [0.25, 0.3) is 11.1 Å². The van der Waals surface area contributed by atoms with E-state index < -0.39 is 0 Å². The molecule has 5 heteroatoms. The van der Waals surface area contributed by atoms with Crippen LogP contribution in [0.2, 0.25) is 0 Å². The van der Waals surface area contributed by atoms with E-state index in [1.54, 1.807) is 19.1 Å². The Morgan fingerprint density at radius 3 is 2.58 bits per heavy atom. The van der Waals surface area contributed by atoms with Crippen LogP contribution in [0.5, 0.6) is 0 Å². The molecule has 0 spiro atoms. The number of amides is 2. The second kappa shape index (κ2) is 5.09. The van der Waals surface area contributed by atoms with Crippen molar-refractivity contribution in [2.45, 2.75) is 19.9 Å². The van der Waals surface area contributed by atoms with E-state index in [0.29, 0.717) is 4.91 Å². The first kappa shape index (κ1) is 13.7. The van der Waals surface area contributed by atoms with Gasteiger partial charge in [-0.15, -0.1) is 6.58 Å². The second-order valence-electron chi connectivity index (χ2n) is 4.49. The Labute approximate surface area is 116 Å². The van der Waals surface area contributed by atoms with Gasteiger partial charge in [-0.25, -0.2) is 0 Å². The number of thioether (sulfide) groups is 1. The monoisotopic (exact) mass is 276 g/mol. The van der Waals surface area contributed by atoms with Crippen LogP contribution in [-0.2, 0) is 11.8 Å². The number of hydrogen-bond donors (Lipinski definition) is 0. The van der Waals surface area contributed by atoms with Crippen molar-refractivity contribution in [1.29, 1.82) is 0 Å². The number of nitrogens with zero attached hydrogens (tertiary/aromatic N) is 2. The van der Waals surface area contributed by atoms with E-state index >= 15 is 0 Å². The summed E-state index contributed by atoms with van der Waals surface area (Å²) in [5, 5.41) is -0.241. The van der Waals surface area contributed by atoms with Gasteiger partial charge in [0.15, 0.2) is 0 Å². The lowest BCUT2D eigenvalue weighted by Gasteiger charge is -2.17. The Bertz CT molecular complexity index is 586. The second-order valence-corrected chi connectivity index (χ2v) is 5.48. The molecule has 1 aromatic heterocycles. The fraction of sp³-hybridized carbons (Fsp3) is 0.286. The number of hydrogen-bond acceptors (Lipinski definition) is 3. The van der Waals surface area contributed by atoms with Crippen molar-refractivity contribution in [2.75, 3.05) is 0 Å². The predicted molar refractivity (Wildman–Crippen MR) is 77.6 cm³/mol. The first-order valence-electron chi connectivity index (χ1n) is 5.97. The zero-order chi connectivity index (χ0) is 14.2. The first-order valence-corrected chi connectivity index (χ1v) is 6.79. The number of carbonyl (C=O) groups excluding carboxylic acids is 2. The molecular formula is C14H16N2O2S. The molecular weight excluding hydrogens is 260 g/mol. The molecule has 0 N–H and O–H groups in total. The van der Waals surface area contributed by atoms with E-state index in [1.807, 2.05) is 30.7 Å². The van der Waals surface area contributed by atoms with Gasteiger partial charge >= 0.3 is 0 Å². The maximum absolute atomic E-state index is 12.2. The van der Waals surface area contributed by atoms with E-state index in [-0.39, 0.29) is 17.2 Å². The van der Waals surface area contributed by atoms with Gasteiger partial charge in [0.1, 0.15) is 0 Å². The van der Waals surface area contributed by atoms with Gasteiger partial charge in [-0.1, -0.05) is 6.08 Å². The lowest BCUT2D eigenvalue weighted by Crippen LogP contribution is -2.35. The van der Waals surface area contributed by atoms with Crippen LogP contribution in [0.3, 0.4) is 0 Å². The van der Waals surface area contributed by atoms with Crippen molar-refractivity contribution in [2.24, 2.45) is 7.05 Å². The van der Waals surface area contributed by atoms with Gasteiger partial charge in [-0.2, -0.15) is 0 Å². The average molecular weight is 276 g/mol. The summed E-state index contributed by atoms with van der Waals surface area (Å²) in [6.07, 6.45) is 3.35. The molecule has 0 radical (unpaired) electrons. The van der Waals surface area contributed by atoms with Crippen LogP contribution >= 0.6 is 11.8 Å². The highest BCUT2D eigenvalue weighted by atomic mass is 32.2. The normalized spacial score (nSPS) is 19.3. The number of aromatic nitrogens is 1. The molecule has 1 unspecified atom stereocenters. The highest BCUT2D eigenvalue weighted by Crippen LogP contribution is 2.33. The quantitative estimate of drug-likeness (QED) is 0.629. The van der Waals surface area contributed by atoms with Crippen molar-refractivity contribution < 1.29 is 9.59 Å². The van der Waals surface area contributed by atoms with E-state index in [0.717, 1.165) is 23.1 Å². The molecule has 0 saturated carbocycles. The molecule has 0 aliphatic carbocycles. The third-order valence-electron chi connectivity index (χ3n) is 3.26. The van der Waals surface area contributed by atoms with Crippen molar-refractivity contribution in [3.8, 4) is 0 Å². The SMILES string of the molecule is C=CC(C)N1C(=O)S/C(=C\c2ccc(C)n2C)C1=O. The van der Waals surface area contributed by atoms with Crippen LogP contribution in [0.25, 0.3) is 6.08 Å². The molecule has 0 aromatic carbocycles. The Balaban J connectivity index is 2.33. The van der Waals surface area contributed by atoms with Gasteiger partial charge in [-0.3, -0.25) is 14.5 Å². The fourth-order valence-corrected chi connectivity index (χ4v) is 2.75. The van der Waals surface area contributed by atoms with Crippen LogP contribution in [0.1, 0.15) is 18.3 Å². The number of aryl methyl sites for hydroxylation is 1. The van der Waals surface area contributed by atoms with Crippen LogP contribution in [0, 0.1) is 6.92 Å². The third-order valence-corrected chi connectivity index (χ3v) is 4.15. The standard InChI is InChI=1S/C14H16N2O2S/c1-5-9(2)16-13(17)12(19-14(16)18)8-11-7-6-10(3)15(11)4/h5-9H,1H2,2-4H3/b12-8-. The zero-order valence-corrected chi connectivity index (χ0v) is 12.0. The summed E-state index contributed by atoms with van der Waals surface area (Å²) < 4.78 is 1.98. The maximum atomic E-state index is 12.2. The molecule has 100 valence electrons. The largest absolute Gasteiger partial charge is 0.348 e. The van der Waals surface area contributed by atoms with Crippen LogP contribution in [0.4, 0.5) is 4.79 Å². The van der Waals surface area contributed by atoms with Gasteiger partial charge in [0.2, 0.25) is 0 Å². The van der Waals surface area contributed by atoms with Crippen LogP contribution < -0.4 is 0 Å². The summed E-state index contributed by atoms with van der Waals surface area (Å²) in [6, 6.07) is 3.62. The Kier molecular flexibility index (Phi) is 3.66. The smallest absolute Gasteiger partial charge is 0.294 e. The lowest BCUT2D eigenvalue weighted by atomic mass is 10.2. The molecule has 1 atom stereocenters. The third kappa shape index (κ3) is 2.38. The van der Waals surface area contributed by atoms with Gasteiger partial charge < -0.3 is 4.57 Å². The summed E-state index contributed by atoms with van der Waals surface area (Å²) in [5.41, 5.74) is 2.01. The van der Waals surface area contributed by atoms with Gasteiger partial charge in [0.05, 0.1) is 10.9 Å². The molecule has 1 aliphatic heterocycles. The molecule has 1 aliphatic rings. The summed E-state index contributed by atoms with van der Waals surface area (Å²) in [7, 11) is 1.93. The number of rotatable bonds is 3. The highest BCUT2D eigenvalue weighted by molar-refractivity contribution is 8.18. The zero-order valence-electron chi connectivity index (χ0n) is 11.2. The average Bonchev–Trinajstić information content (AvgIpc) is 2.83. The van der Waals surface area contributed by atoms with Crippen LogP contribution in [0.15, 0.2) is 29.7 Å². The van der Waals surface area contributed by atoms with Crippen molar-refractivity contribution >= 4 is 29.0 Å². The Hall–Kier alpha value is -1.75. The molecule has 19 heavy (non-hydrogen) atoms. The Morgan fingerprint density at radius 2 is 2.05 bits per heavy atom. The van der Waals surface area contributed by atoms with E-state index in [9.17, 15) is 9.59 Å². The van der Waals surface area contributed by atoms with Crippen molar-refractivity contribution in [1.82, 2.24) is 9.47 Å². The molecule has 2 rings (SSSR count). The molecule has 2 amide bonds. The Morgan fingerprint density at radius 1 is 1.37 bits per heavy atom. The lowest BCUT2D eigenvalue weighted by molar-refractivity contribution is -0.123. The number of imide groups is 1. The number of carbonyl (C=O) groups is 2. The van der Waals surface area contributed by atoms with E-state index in [2.05, 4.69) is 6.58 Å². The van der Waals surface area contributed by atoms with Crippen molar-refractivity contribution in [3.63, 3.8) is 0 Å². The molecule has 1 fully saturated rings. The maximum Gasteiger partial charge on any atom is 0.294 e. The molecule has 2 heterocycles. The fourth-order valence-electron chi connectivity index (χ4n) is 1.85. The topological polar surface area (TPSA) is 42.3 Å².